The maximum absolute atomic E-state index is 12.4. The van der Waals surface area contributed by atoms with Crippen molar-refractivity contribution in [3.63, 3.8) is 0 Å². The standard InChI is InChI=1S/C16H23NO4S.C15H22N2O4S/c1-6-20-14(18)12-10(2)22-13-11(12)8-7-9-17(13)15(19)21-16(3,4)5;1-5-20-13(18)11-9-8-17(14(19)21-15(2,3)4)7-6-10(9)22-12(11)16/h6-9H2,1-5H3;5-8,16H2,1-4H3. The van der Waals surface area contributed by atoms with E-state index in [0.717, 1.165) is 38.7 Å². The number of hydrogen-bond acceptors (Lipinski definition) is 11. The van der Waals surface area contributed by atoms with Gasteiger partial charge in [0.25, 0.3) is 0 Å². The summed E-state index contributed by atoms with van der Waals surface area (Å²) in [5, 5.41) is 1.27. The molecular weight excluding hydrogens is 606 g/mol. The minimum atomic E-state index is -0.547. The molecule has 0 aromatic carbocycles. The number of rotatable bonds is 4. The molecule has 2 aliphatic heterocycles. The number of fused-ring (bicyclic) bond motifs is 2. The Morgan fingerprint density at radius 2 is 1.36 bits per heavy atom. The zero-order valence-electron chi connectivity index (χ0n) is 27.2. The molecule has 4 heterocycles. The van der Waals surface area contributed by atoms with Crippen molar-refractivity contribution in [3.05, 3.63) is 32.0 Å². The second-order valence-electron chi connectivity index (χ2n) is 12.4. The fraction of sp³-hybridized carbons (Fsp3) is 0.613. The summed E-state index contributed by atoms with van der Waals surface area (Å²) in [5.74, 6) is -0.730. The van der Waals surface area contributed by atoms with E-state index in [2.05, 4.69) is 0 Å². The lowest BCUT2D eigenvalue weighted by molar-refractivity contribution is 0.0221. The fourth-order valence-electron chi connectivity index (χ4n) is 4.82. The van der Waals surface area contributed by atoms with Gasteiger partial charge in [-0.15, -0.1) is 22.7 Å². The quantitative estimate of drug-likeness (QED) is 0.282. The highest BCUT2D eigenvalue weighted by Crippen LogP contribution is 2.40. The Bertz CT molecular complexity index is 1380. The highest BCUT2D eigenvalue weighted by molar-refractivity contribution is 7.17. The number of nitrogens with zero attached hydrogens (tertiary/aromatic N) is 2. The second-order valence-corrected chi connectivity index (χ2v) is 14.7. The Hall–Kier alpha value is -3.32. The van der Waals surface area contributed by atoms with Crippen LogP contribution in [0, 0.1) is 6.92 Å². The Kier molecular flexibility index (Phi) is 11.3. The number of anilines is 2. The first-order valence-corrected chi connectivity index (χ1v) is 16.5. The van der Waals surface area contributed by atoms with Crippen LogP contribution in [0.4, 0.5) is 19.6 Å². The van der Waals surface area contributed by atoms with Crippen molar-refractivity contribution in [3.8, 4) is 0 Å². The average molecular weight is 652 g/mol. The minimum Gasteiger partial charge on any atom is -0.462 e. The molecule has 0 unspecified atom stereocenters. The van der Waals surface area contributed by atoms with Gasteiger partial charge in [0.2, 0.25) is 0 Å². The predicted octanol–water partition coefficient (Wildman–Crippen LogP) is 6.72. The van der Waals surface area contributed by atoms with Crippen molar-refractivity contribution < 1.29 is 38.1 Å². The maximum atomic E-state index is 12.4. The number of esters is 2. The average Bonchev–Trinajstić information content (AvgIpc) is 3.41. The molecule has 0 saturated heterocycles. The highest BCUT2D eigenvalue weighted by atomic mass is 32.1. The van der Waals surface area contributed by atoms with Gasteiger partial charge < -0.3 is 29.6 Å². The molecule has 2 aliphatic rings. The molecule has 0 bridgehead atoms. The van der Waals surface area contributed by atoms with Crippen LogP contribution in [-0.4, -0.2) is 66.5 Å². The van der Waals surface area contributed by atoms with E-state index in [1.807, 2.05) is 48.5 Å². The number of carbonyl (C=O) groups is 4. The van der Waals surface area contributed by atoms with Crippen molar-refractivity contribution >= 4 is 56.8 Å². The molecule has 2 amide bonds. The number of aryl methyl sites for hydroxylation is 1. The van der Waals surface area contributed by atoms with Crippen molar-refractivity contribution in [2.24, 2.45) is 0 Å². The number of hydrogen-bond donors (Lipinski definition) is 1. The number of amides is 2. The summed E-state index contributed by atoms with van der Waals surface area (Å²) in [4.78, 5) is 54.0. The predicted molar refractivity (Wildman–Crippen MR) is 172 cm³/mol. The van der Waals surface area contributed by atoms with Gasteiger partial charge in [0, 0.05) is 34.0 Å². The van der Waals surface area contributed by atoms with Crippen LogP contribution in [0.1, 0.15) is 103 Å². The van der Waals surface area contributed by atoms with E-state index in [1.54, 1.807) is 23.6 Å². The number of nitrogens with two attached hydrogens (primary N) is 1. The van der Waals surface area contributed by atoms with Gasteiger partial charge in [-0.1, -0.05) is 0 Å². The lowest BCUT2D eigenvalue weighted by Gasteiger charge is -2.30. The summed E-state index contributed by atoms with van der Waals surface area (Å²) >= 11 is 2.85. The number of ether oxygens (including phenoxy) is 4. The summed E-state index contributed by atoms with van der Waals surface area (Å²) in [6, 6.07) is 0. The monoisotopic (exact) mass is 651 g/mol. The van der Waals surface area contributed by atoms with Gasteiger partial charge in [-0.25, -0.2) is 19.2 Å². The van der Waals surface area contributed by atoms with Crippen LogP contribution in [0.25, 0.3) is 0 Å². The normalized spacial score (nSPS) is 14.5. The van der Waals surface area contributed by atoms with E-state index < -0.39 is 17.2 Å². The van der Waals surface area contributed by atoms with Crippen LogP contribution in [0.15, 0.2) is 0 Å². The highest BCUT2D eigenvalue weighted by Gasteiger charge is 2.34. The van der Waals surface area contributed by atoms with Crippen molar-refractivity contribution in [1.82, 2.24) is 4.90 Å². The Labute approximate surface area is 267 Å². The summed E-state index contributed by atoms with van der Waals surface area (Å²) in [6.07, 6.45) is 1.54. The van der Waals surface area contributed by atoms with Crippen LogP contribution < -0.4 is 10.6 Å². The van der Waals surface area contributed by atoms with Crippen LogP contribution in [0.3, 0.4) is 0 Å². The molecule has 0 radical (unpaired) electrons. The van der Waals surface area contributed by atoms with Gasteiger partial charge in [0.05, 0.1) is 30.9 Å². The summed E-state index contributed by atoms with van der Waals surface area (Å²) in [6.45, 7) is 18.6. The molecule has 2 N–H and O–H groups in total. The van der Waals surface area contributed by atoms with E-state index in [4.69, 9.17) is 24.7 Å². The van der Waals surface area contributed by atoms with Crippen LogP contribution in [0.2, 0.25) is 0 Å². The van der Waals surface area contributed by atoms with E-state index in [9.17, 15) is 19.2 Å². The molecule has 2 aromatic rings. The molecular formula is C31H45N3O8S2. The molecule has 11 nitrogen and oxygen atoms in total. The molecule has 0 saturated carbocycles. The number of nitrogen functional groups attached to an aromatic ring is 1. The largest absolute Gasteiger partial charge is 0.462 e. The van der Waals surface area contributed by atoms with Gasteiger partial charge >= 0.3 is 24.1 Å². The van der Waals surface area contributed by atoms with Crippen molar-refractivity contribution in [1.29, 1.82) is 0 Å². The molecule has 4 rings (SSSR count). The lowest BCUT2D eigenvalue weighted by atomic mass is 10.0. The SMILES string of the molecule is CCOC(=O)c1c(C)sc2c1CCCN2C(=O)OC(C)(C)C.CCOC(=O)c1c(N)sc2c1CN(C(=O)OC(C)(C)C)CC2. The molecule has 0 fully saturated rings. The third-order valence-electron chi connectivity index (χ3n) is 6.52. The Morgan fingerprint density at radius 3 is 1.93 bits per heavy atom. The first-order chi connectivity index (χ1) is 20.5. The van der Waals surface area contributed by atoms with E-state index >= 15 is 0 Å². The molecule has 0 aliphatic carbocycles. The number of thiophene rings is 2. The van der Waals surface area contributed by atoms with E-state index in [-0.39, 0.29) is 18.2 Å². The Balaban J connectivity index is 0.000000240. The molecule has 44 heavy (non-hydrogen) atoms. The van der Waals surface area contributed by atoms with Gasteiger partial charge in [-0.2, -0.15) is 0 Å². The number of carbonyl (C=O) groups excluding carboxylic acids is 4. The first-order valence-electron chi connectivity index (χ1n) is 14.8. The second kappa shape index (κ2) is 14.2. The molecule has 0 spiro atoms. The van der Waals surface area contributed by atoms with Gasteiger partial charge in [-0.05, 0) is 81.6 Å². The molecule has 2 aromatic heterocycles. The van der Waals surface area contributed by atoms with E-state index in [1.165, 1.54) is 22.7 Å². The fourth-order valence-corrected chi connectivity index (χ4v) is 7.08. The van der Waals surface area contributed by atoms with E-state index in [0.29, 0.717) is 55.4 Å². The summed E-state index contributed by atoms with van der Waals surface area (Å²) in [7, 11) is 0. The zero-order valence-corrected chi connectivity index (χ0v) is 28.8. The van der Waals surface area contributed by atoms with Crippen molar-refractivity contribution in [2.45, 2.75) is 99.3 Å². The lowest BCUT2D eigenvalue weighted by Crippen LogP contribution is -2.39. The third kappa shape index (κ3) is 8.65. The first kappa shape index (κ1) is 35.2. The van der Waals surface area contributed by atoms with Crippen LogP contribution in [0.5, 0.6) is 0 Å². The smallest absolute Gasteiger partial charge is 0.415 e. The molecule has 244 valence electrons. The molecule has 0 atom stereocenters. The zero-order chi connectivity index (χ0) is 33.0. The molecule has 13 heteroatoms. The van der Waals surface area contributed by atoms with Crippen LogP contribution in [-0.2, 0) is 38.3 Å². The summed E-state index contributed by atoms with van der Waals surface area (Å²) in [5.41, 5.74) is 7.60. The third-order valence-corrected chi connectivity index (χ3v) is 8.81. The van der Waals surface area contributed by atoms with Crippen molar-refractivity contribution in [2.75, 3.05) is 36.9 Å². The topological polar surface area (TPSA) is 138 Å². The summed E-state index contributed by atoms with van der Waals surface area (Å²) < 4.78 is 21.1. The van der Waals surface area contributed by atoms with Gasteiger partial charge in [-0.3, -0.25) is 4.90 Å². The van der Waals surface area contributed by atoms with Gasteiger partial charge in [0.15, 0.2) is 0 Å². The van der Waals surface area contributed by atoms with Crippen LogP contribution >= 0.6 is 22.7 Å². The Morgan fingerprint density at radius 1 is 0.795 bits per heavy atom. The van der Waals surface area contributed by atoms with Gasteiger partial charge in [0.1, 0.15) is 21.2 Å². The minimum absolute atomic E-state index is 0.290. The maximum Gasteiger partial charge on any atom is 0.415 e.